The van der Waals surface area contributed by atoms with Crippen LogP contribution in [-0.4, -0.2) is 190 Å². The van der Waals surface area contributed by atoms with Gasteiger partial charge in [-0.1, -0.05) is 52.9 Å². The molecule has 0 spiro atoms. The maximum absolute atomic E-state index is 15.0. The molecule has 0 radical (unpaired) electrons. The third-order valence-corrected chi connectivity index (χ3v) is 17.7. The van der Waals surface area contributed by atoms with Crippen molar-refractivity contribution in [2.75, 3.05) is 52.2 Å². The quantitative estimate of drug-likeness (QED) is 0.0540. The maximum atomic E-state index is 15.0. The largest absolute Gasteiger partial charge is 0.497 e. The Bertz CT molecular complexity index is 2930. The number of nitrogens with one attached hydrogen (secondary N) is 7. The summed E-state index contributed by atoms with van der Waals surface area (Å²) in [5.41, 5.74) is 6.69. The molecule has 1 fully saturated rings. The number of aliphatic hydroxyl groups is 2. The molecule has 482 valence electrons. The van der Waals surface area contributed by atoms with Gasteiger partial charge in [-0.2, -0.15) is 0 Å². The summed E-state index contributed by atoms with van der Waals surface area (Å²) in [6, 6.07) is -0.814. The number of primary amides is 1. The molecular formula is C60H84N10O17S. The number of carbonyl (C=O) groups is 13. The van der Waals surface area contributed by atoms with Crippen LogP contribution in [0, 0.1) is 23.7 Å². The maximum Gasteiger partial charge on any atom is 0.407 e. The molecule has 11 N–H and O–H groups in total. The smallest absolute Gasteiger partial charge is 0.407 e. The molecule has 28 heteroatoms. The van der Waals surface area contributed by atoms with Crippen LogP contribution in [0.3, 0.4) is 0 Å². The number of hydrogen-bond donors (Lipinski definition) is 10. The monoisotopic (exact) mass is 1250 g/mol. The van der Waals surface area contributed by atoms with E-state index in [2.05, 4.69) is 36.9 Å². The van der Waals surface area contributed by atoms with Gasteiger partial charge in [0.1, 0.15) is 29.7 Å². The number of hydrogen-bond acceptors (Lipinski definition) is 18. The zero-order valence-electron chi connectivity index (χ0n) is 50.3. The molecule has 0 saturated carbocycles. The second kappa shape index (κ2) is 33.6. The van der Waals surface area contributed by atoms with Gasteiger partial charge in [-0.15, -0.1) is 11.8 Å². The second-order valence-corrected chi connectivity index (χ2v) is 24.1. The fourth-order valence-electron chi connectivity index (χ4n) is 11.2. The number of methoxy groups -OCH3 is 1. The lowest BCUT2D eigenvalue weighted by Gasteiger charge is -2.32. The summed E-state index contributed by atoms with van der Waals surface area (Å²) in [5, 5.41) is 37.9. The number of nitrogens with zero attached hydrogens (tertiary/aromatic N) is 2. The number of H-pyrrole nitrogens is 1. The molecule has 88 heavy (non-hydrogen) atoms. The lowest BCUT2D eigenvalue weighted by atomic mass is 9.85. The van der Waals surface area contributed by atoms with E-state index in [0.717, 1.165) is 29.5 Å². The summed E-state index contributed by atoms with van der Waals surface area (Å²) in [5.74, 6) is -12.7. The predicted octanol–water partition coefficient (Wildman–Crippen LogP) is 0.678. The molecule has 10 amide bonds. The molecule has 5 heterocycles. The minimum atomic E-state index is -1.66. The van der Waals surface area contributed by atoms with Crippen LogP contribution in [0.2, 0.25) is 0 Å². The first-order valence-electron chi connectivity index (χ1n) is 30.2. The number of alkyl carbamates (subject to hydrolysis) is 1. The molecule has 6 rings (SSSR count). The number of amides is 10. The van der Waals surface area contributed by atoms with Crippen LogP contribution in [-0.2, 0) is 68.7 Å². The summed E-state index contributed by atoms with van der Waals surface area (Å²) >= 11 is 1.04. The van der Waals surface area contributed by atoms with Crippen molar-refractivity contribution in [2.45, 2.75) is 165 Å². The number of aromatic nitrogens is 1. The van der Waals surface area contributed by atoms with Gasteiger partial charge in [0.2, 0.25) is 41.4 Å². The summed E-state index contributed by atoms with van der Waals surface area (Å²) in [6.07, 6.45) is 2.78. The average molecular weight is 1250 g/mol. The van der Waals surface area contributed by atoms with Crippen molar-refractivity contribution >= 4 is 99.3 Å². The number of nitrogens with two attached hydrogens (primary N) is 1. The van der Waals surface area contributed by atoms with E-state index in [0.29, 0.717) is 91.6 Å². The van der Waals surface area contributed by atoms with Crippen molar-refractivity contribution in [3.05, 3.63) is 35.9 Å². The van der Waals surface area contributed by atoms with E-state index in [-0.39, 0.29) is 42.7 Å². The first-order valence-corrected chi connectivity index (χ1v) is 31.2. The minimum absolute atomic E-state index is 0.132. The molecule has 2 bridgehead atoms. The number of imide groups is 1. The minimum Gasteiger partial charge on any atom is -0.497 e. The Balaban J connectivity index is 1.24. The summed E-state index contributed by atoms with van der Waals surface area (Å²) in [6.45, 7) is 2.71. The third kappa shape index (κ3) is 19.6. The van der Waals surface area contributed by atoms with Gasteiger partial charge >= 0.3 is 6.09 Å². The van der Waals surface area contributed by atoms with Crippen molar-refractivity contribution in [1.82, 2.24) is 46.7 Å². The highest BCUT2D eigenvalue weighted by Gasteiger charge is 2.46. The van der Waals surface area contributed by atoms with Gasteiger partial charge in [0.05, 0.1) is 68.0 Å². The zero-order chi connectivity index (χ0) is 64.2. The van der Waals surface area contributed by atoms with Gasteiger partial charge in [0.15, 0.2) is 11.6 Å². The molecular weight excluding hydrogens is 1160 g/mol. The number of fused-ring (bicyclic) bond motifs is 5. The molecule has 1 aromatic carbocycles. The SMILES string of the molecule is CC[C@H](C)[C@@H]1NC(=O)CNC(=O)[C@H]2CC(=O)[C@H]([C@@H](C)[C@@H](O)CO)NC(=O)C3C[C@@H](OC(=O)NCCCCCCCC(=O)CCCCCN4C(=O)C=CC4=O)CN3C(=O)[C@H](CC(N)=O)CC(=O)[C@H](CSc3[nH]c4cc(OC)ccc4c3C2)NC(=O)CNC1=O. The van der Waals surface area contributed by atoms with E-state index in [4.69, 9.17) is 15.2 Å². The zero-order valence-corrected chi connectivity index (χ0v) is 51.1. The van der Waals surface area contributed by atoms with Gasteiger partial charge in [-0.3, -0.25) is 62.4 Å². The lowest BCUT2D eigenvalue weighted by molar-refractivity contribution is -0.145. The van der Waals surface area contributed by atoms with Crippen LogP contribution < -0.4 is 42.4 Å². The highest BCUT2D eigenvalue weighted by Crippen LogP contribution is 2.36. The van der Waals surface area contributed by atoms with E-state index >= 15 is 0 Å². The topological polar surface area (TPSA) is 401 Å². The summed E-state index contributed by atoms with van der Waals surface area (Å²) in [7, 11) is 1.46. The van der Waals surface area contributed by atoms with Gasteiger partial charge in [0, 0.05) is 92.8 Å². The molecule has 4 aliphatic rings. The van der Waals surface area contributed by atoms with Crippen molar-refractivity contribution < 1.29 is 82.0 Å². The number of aliphatic hydroxyl groups excluding tert-OH is 2. The summed E-state index contributed by atoms with van der Waals surface area (Å²) < 4.78 is 11.2. The highest BCUT2D eigenvalue weighted by atomic mass is 32.2. The van der Waals surface area contributed by atoms with Crippen LogP contribution >= 0.6 is 11.8 Å². The Morgan fingerprint density at radius 2 is 1.45 bits per heavy atom. The Hall–Kier alpha value is -7.72. The Morgan fingerprint density at radius 3 is 2.12 bits per heavy atom. The first-order chi connectivity index (χ1) is 42.0. The van der Waals surface area contributed by atoms with Gasteiger partial charge in [-0.05, 0) is 55.7 Å². The number of aromatic amines is 1. The van der Waals surface area contributed by atoms with E-state index in [1.807, 2.05) is 0 Å². The van der Waals surface area contributed by atoms with Crippen LogP contribution in [0.15, 0.2) is 35.4 Å². The molecule has 4 aliphatic heterocycles. The van der Waals surface area contributed by atoms with Crippen molar-refractivity contribution in [2.24, 2.45) is 29.4 Å². The molecule has 2 aromatic rings. The highest BCUT2D eigenvalue weighted by molar-refractivity contribution is 7.99. The van der Waals surface area contributed by atoms with Crippen molar-refractivity contribution in [1.29, 1.82) is 0 Å². The average Bonchev–Trinajstić information content (AvgIpc) is 2.91. The van der Waals surface area contributed by atoms with E-state index in [9.17, 15) is 72.5 Å². The van der Waals surface area contributed by atoms with Crippen LogP contribution in [0.1, 0.15) is 123 Å². The van der Waals surface area contributed by atoms with Gasteiger partial charge in [-0.25, -0.2) is 4.79 Å². The normalized spacial score (nSPS) is 23.9. The number of rotatable bonds is 23. The predicted molar refractivity (Wildman–Crippen MR) is 318 cm³/mol. The Labute approximate surface area is 514 Å². The van der Waals surface area contributed by atoms with Crippen LogP contribution in [0.25, 0.3) is 10.9 Å². The molecule has 0 aliphatic carbocycles. The standard InChI is InChI=1S/C60H84N10O17S/c1-5-33(2)53-57(83)64-28-49(77)65-43-32-88-58-41(40-17-16-38(86-4)26-42(40)66-58)22-35(55(81)63-29-50(78)67-53)23-46(74)54(34(3)47(75)31-71)68-56(82)44-27-39(30-70(44)59(84)36(24-45(43)73)25-48(61)76)87-60(85)62-20-12-8-6-7-10-14-37(72)15-11-9-13-21-69-51(79)18-19-52(69)80/h16-19,26,33-36,39,43-44,47,53-54,66,71,75H,5-15,20-25,27-32H2,1-4H3,(H2,61,76)(H,62,85)(H,63,81)(H,64,83)(H,65,77)(H,67,78)(H,68,82)/t33-,34-,35+,36-,39+,43-,44?,47-,53-,54-/m0/s1. The van der Waals surface area contributed by atoms with Crippen LogP contribution in [0.5, 0.6) is 5.75 Å². The summed E-state index contributed by atoms with van der Waals surface area (Å²) in [4.78, 5) is 183. The molecule has 1 unspecified atom stereocenters. The fraction of sp³-hybridized carbons (Fsp3) is 0.617. The number of carbonyl (C=O) groups excluding carboxylic acids is 13. The lowest BCUT2D eigenvalue weighted by Crippen LogP contribution is -2.56. The molecule has 27 nitrogen and oxygen atoms in total. The Kier molecular flexibility index (Phi) is 26.5. The van der Waals surface area contributed by atoms with E-state index < -0.39 is 165 Å². The Morgan fingerprint density at radius 1 is 0.795 bits per heavy atom. The number of ketones is 3. The number of thioether (sulfide) groups is 1. The third-order valence-electron chi connectivity index (χ3n) is 16.6. The first kappa shape index (κ1) is 69.4. The second-order valence-electron chi connectivity index (χ2n) is 23.1. The van der Waals surface area contributed by atoms with E-state index in [1.54, 1.807) is 32.0 Å². The number of benzene rings is 1. The van der Waals surface area contributed by atoms with Gasteiger partial charge < -0.3 is 67.2 Å². The van der Waals surface area contributed by atoms with E-state index in [1.165, 1.54) is 31.1 Å². The van der Waals surface area contributed by atoms with Gasteiger partial charge in [0.25, 0.3) is 11.8 Å². The fourth-order valence-corrected chi connectivity index (χ4v) is 12.4. The number of ether oxygens (including phenoxy) is 2. The number of Topliss-reactive ketones (excluding diaryl/α,β-unsaturated/α-hetero) is 3. The van der Waals surface area contributed by atoms with Crippen molar-refractivity contribution in [3.63, 3.8) is 0 Å². The molecule has 10 atom stereocenters. The molecule has 1 saturated heterocycles. The molecule has 1 aromatic heterocycles. The number of unbranched alkanes of at least 4 members (excludes halogenated alkanes) is 6. The van der Waals surface area contributed by atoms with Crippen LogP contribution in [0.4, 0.5) is 4.79 Å². The van der Waals surface area contributed by atoms with Crippen molar-refractivity contribution in [3.8, 4) is 5.75 Å².